The largest absolute Gasteiger partial charge is 0.454 e. The fourth-order valence-corrected chi connectivity index (χ4v) is 3.91. The van der Waals surface area contributed by atoms with Crippen LogP contribution in [0.1, 0.15) is 34.5 Å². The molecule has 1 heterocycles. The van der Waals surface area contributed by atoms with Crippen molar-refractivity contribution >= 4 is 22.2 Å². The number of hydrogen-bond acceptors (Lipinski definition) is 4. The van der Waals surface area contributed by atoms with Gasteiger partial charge < -0.3 is 14.8 Å². The quantitative estimate of drug-likeness (QED) is 0.423. The molecule has 4 heteroatoms. The number of carbonyl (C=O) groups excluding carboxylic acids is 1. The van der Waals surface area contributed by atoms with E-state index in [2.05, 4.69) is 29.6 Å². The molecule has 4 aromatic rings. The average Bonchev–Trinajstić information content (AvgIpc) is 3.23. The van der Waals surface area contributed by atoms with Gasteiger partial charge in [-0.3, -0.25) is 4.79 Å². The Morgan fingerprint density at radius 1 is 0.800 bits per heavy atom. The molecule has 0 saturated heterocycles. The van der Waals surface area contributed by atoms with Crippen molar-refractivity contribution in [2.45, 2.75) is 13.0 Å². The lowest BCUT2D eigenvalue weighted by Gasteiger charge is -2.23. The molecular weight excluding hydrogens is 374 g/mol. The minimum atomic E-state index is -0.0861. The van der Waals surface area contributed by atoms with E-state index >= 15 is 0 Å². The number of Topliss-reactive ketones (excluding diaryl/α,β-unsaturated/α-hetero) is 1. The van der Waals surface area contributed by atoms with Crippen molar-refractivity contribution in [3.63, 3.8) is 0 Å². The zero-order valence-corrected chi connectivity index (χ0v) is 16.6. The summed E-state index contributed by atoms with van der Waals surface area (Å²) in [5.41, 5.74) is 3.71. The van der Waals surface area contributed by atoms with Crippen molar-refractivity contribution in [3.8, 4) is 11.5 Å². The van der Waals surface area contributed by atoms with Crippen LogP contribution in [-0.2, 0) is 0 Å². The van der Waals surface area contributed by atoms with Crippen LogP contribution in [0.3, 0.4) is 0 Å². The number of nitrogens with one attached hydrogen (secondary N) is 1. The Bertz CT molecular complexity index is 1180. The highest BCUT2D eigenvalue weighted by Crippen LogP contribution is 2.39. The molecule has 0 fully saturated rings. The molecule has 1 aliphatic rings. The summed E-state index contributed by atoms with van der Waals surface area (Å²) < 4.78 is 11.0. The van der Waals surface area contributed by atoms with E-state index in [9.17, 15) is 4.79 Å². The summed E-state index contributed by atoms with van der Waals surface area (Å²) in [5.74, 6) is 1.45. The van der Waals surface area contributed by atoms with Crippen LogP contribution in [0.2, 0.25) is 0 Å². The number of hydrogen-bond donors (Lipinski definition) is 1. The molecule has 0 radical (unpaired) electrons. The van der Waals surface area contributed by atoms with Gasteiger partial charge in [0.05, 0.1) is 6.04 Å². The lowest BCUT2D eigenvalue weighted by Crippen LogP contribution is -2.14. The molecule has 1 aliphatic heterocycles. The summed E-state index contributed by atoms with van der Waals surface area (Å²) in [6.45, 7) is 1.82. The maximum Gasteiger partial charge on any atom is 0.231 e. The van der Waals surface area contributed by atoms with Crippen molar-refractivity contribution in [1.29, 1.82) is 0 Å². The van der Waals surface area contributed by atoms with Gasteiger partial charge in [0, 0.05) is 11.3 Å². The van der Waals surface area contributed by atoms with Gasteiger partial charge in [0.1, 0.15) is 0 Å². The van der Waals surface area contributed by atoms with Crippen LogP contribution in [0.5, 0.6) is 11.5 Å². The molecule has 0 unspecified atom stereocenters. The first kappa shape index (κ1) is 18.3. The topological polar surface area (TPSA) is 47.6 Å². The van der Waals surface area contributed by atoms with E-state index in [1.807, 2.05) is 60.7 Å². The number of rotatable bonds is 5. The Labute approximate surface area is 175 Å². The number of anilines is 1. The van der Waals surface area contributed by atoms with E-state index in [0.29, 0.717) is 11.3 Å². The van der Waals surface area contributed by atoms with Gasteiger partial charge in [-0.25, -0.2) is 0 Å². The number of benzene rings is 4. The molecule has 5 rings (SSSR count). The standard InChI is InChI=1S/C26H21NO3/c1-17(28)22-12-20-14-24-25(30-16-29-24)15-21(20)13-23(22)27-26(18-8-4-2-5-9-18)19-10-6-3-7-11-19/h2-15,26-27H,16H2,1H3. The van der Waals surface area contributed by atoms with Gasteiger partial charge in [-0.1, -0.05) is 60.7 Å². The predicted molar refractivity (Wildman–Crippen MR) is 118 cm³/mol. The number of carbonyl (C=O) groups is 1. The van der Waals surface area contributed by atoms with Crippen LogP contribution >= 0.6 is 0 Å². The second kappa shape index (κ2) is 7.56. The van der Waals surface area contributed by atoms with Crippen molar-refractivity contribution in [2.24, 2.45) is 0 Å². The second-order valence-electron chi connectivity index (χ2n) is 7.41. The van der Waals surface area contributed by atoms with Crippen molar-refractivity contribution in [2.75, 3.05) is 12.1 Å². The fraction of sp³-hybridized carbons (Fsp3) is 0.115. The molecule has 0 bridgehead atoms. The molecule has 4 nitrogen and oxygen atoms in total. The minimum Gasteiger partial charge on any atom is -0.454 e. The van der Waals surface area contributed by atoms with E-state index < -0.39 is 0 Å². The first-order valence-electron chi connectivity index (χ1n) is 9.94. The summed E-state index contributed by atoms with van der Waals surface area (Å²) in [6, 6.07) is 28.3. The van der Waals surface area contributed by atoms with Crippen LogP contribution in [0.25, 0.3) is 10.8 Å². The van der Waals surface area contributed by atoms with Crippen LogP contribution < -0.4 is 14.8 Å². The highest BCUT2D eigenvalue weighted by Gasteiger charge is 2.20. The summed E-state index contributed by atoms with van der Waals surface area (Å²) >= 11 is 0. The number of fused-ring (bicyclic) bond motifs is 2. The van der Waals surface area contributed by atoms with Gasteiger partial charge in [0.25, 0.3) is 0 Å². The normalized spacial score (nSPS) is 12.3. The van der Waals surface area contributed by atoms with E-state index in [-0.39, 0.29) is 18.6 Å². The number of ether oxygens (including phenoxy) is 2. The average molecular weight is 395 g/mol. The van der Waals surface area contributed by atoms with Gasteiger partial charge >= 0.3 is 0 Å². The van der Waals surface area contributed by atoms with Crippen LogP contribution in [-0.4, -0.2) is 12.6 Å². The highest BCUT2D eigenvalue weighted by molar-refractivity contribution is 6.05. The first-order chi connectivity index (χ1) is 14.7. The smallest absolute Gasteiger partial charge is 0.231 e. The molecule has 0 aromatic heterocycles. The Morgan fingerprint density at radius 3 is 1.87 bits per heavy atom. The molecule has 30 heavy (non-hydrogen) atoms. The minimum absolute atomic E-state index is 0.0111. The van der Waals surface area contributed by atoms with Gasteiger partial charge in [-0.2, -0.15) is 0 Å². The SMILES string of the molecule is CC(=O)c1cc2cc3c(cc2cc1NC(c1ccccc1)c1ccccc1)OCO3. The van der Waals surface area contributed by atoms with E-state index in [1.54, 1.807) is 6.92 Å². The summed E-state index contributed by atoms with van der Waals surface area (Å²) in [6.07, 6.45) is 0. The third kappa shape index (κ3) is 3.37. The Hall–Kier alpha value is -3.79. The monoisotopic (exact) mass is 395 g/mol. The van der Waals surface area contributed by atoms with Crippen molar-refractivity contribution in [3.05, 3.63) is 102 Å². The second-order valence-corrected chi connectivity index (χ2v) is 7.41. The zero-order chi connectivity index (χ0) is 20.5. The maximum absolute atomic E-state index is 12.5. The Balaban J connectivity index is 1.63. The van der Waals surface area contributed by atoms with E-state index in [1.165, 1.54) is 0 Å². The molecule has 4 aromatic carbocycles. The maximum atomic E-state index is 12.5. The van der Waals surface area contributed by atoms with Gasteiger partial charge in [0.15, 0.2) is 17.3 Å². The molecule has 0 saturated carbocycles. The lowest BCUT2D eigenvalue weighted by molar-refractivity contribution is 0.101. The molecule has 148 valence electrons. The third-order valence-corrected chi connectivity index (χ3v) is 5.41. The van der Waals surface area contributed by atoms with Crippen LogP contribution in [0, 0.1) is 0 Å². The van der Waals surface area contributed by atoms with Gasteiger partial charge in [-0.05, 0) is 53.1 Å². The lowest BCUT2D eigenvalue weighted by atomic mass is 9.96. The molecule has 0 spiro atoms. The van der Waals surface area contributed by atoms with Crippen LogP contribution in [0.15, 0.2) is 84.9 Å². The third-order valence-electron chi connectivity index (χ3n) is 5.41. The molecular formula is C26H21NO3. The predicted octanol–water partition coefficient (Wildman–Crippen LogP) is 5.97. The van der Waals surface area contributed by atoms with Gasteiger partial charge in [-0.15, -0.1) is 0 Å². The summed E-state index contributed by atoms with van der Waals surface area (Å²) in [7, 11) is 0. The van der Waals surface area contributed by atoms with Crippen molar-refractivity contribution < 1.29 is 14.3 Å². The first-order valence-corrected chi connectivity index (χ1v) is 9.94. The van der Waals surface area contributed by atoms with Crippen LogP contribution in [0.4, 0.5) is 5.69 Å². The van der Waals surface area contributed by atoms with E-state index in [4.69, 9.17) is 9.47 Å². The number of ketones is 1. The highest BCUT2D eigenvalue weighted by atomic mass is 16.7. The summed E-state index contributed by atoms with van der Waals surface area (Å²) in [5, 5.41) is 5.57. The van der Waals surface area contributed by atoms with Gasteiger partial charge in [0.2, 0.25) is 6.79 Å². The Morgan fingerprint density at radius 2 is 1.33 bits per heavy atom. The summed E-state index contributed by atoms with van der Waals surface area (Å²) in [4.78, 5) is 12.5. The van der Waals surface area contributed by atoms with Crippen molar-refractivity contribution in [1.82, 2.24) is 0 Å². The van der Waals surface area contributed by atoms with E-state index in [0.717, 1.165) is 33.3 Å². The Kier molecular flexibility index (Phi) is 4.60. The molecule has 0 atom stereocenters. The fourth-order valence-electron chi connectivity index (χ4n) is 3.91. The molecule has 0 aliphatic carbocycles. The zero-order valence-electron chi connectivity index (χ0n) is 16.6. The molecule has 0 amide bonds. The molecule has 1 N–H and O–H groups in total.